The Kier molecular flexibility index (Phi) is 7.49. The number of nitrogens with one attached hydrogen (secondary N) is 1. The van der Waals surface area contributed by atoms with E-state index in [1.54, 1.807) is 32.6 Å². The molecule has 1 amide bonds. The maximum atomic E-state index is 12.0. The molecule has 0 saturated carbocycles. The predicted molar refractivity (Wildman–Crippen MR) is 100 cm³/mol. The van der Waals surface area contributed by atoms with Crippen LogP contribution in [0, 0.1) is 0 Å². The van der Waals surface area contributed by atoms with Crippen molar-refractivity contribution in [2.45, 2.75) is 19.9 Å². The van der Waals surface area contributed by atoms with E-state index in [0.29, 0.717) is 30.5 Å². The monoisotopic (exact) mass is 356 g/mol. The highest BCUT2D eigenvalue weighted by Gasteiger charge is 2.05. The first kappa shape index (κ1) is 19.3. The van der Waals surface area contributed by atoms with E-state index in [2.05, 4.69) is 10.3 Å². The van der Waals surface area contributed by atoms with Crippen molar-refractivity contribution in [3.05, 3.63) is 53.7 Å². The van der Waals surface area contributed by atoms with Gasteiger partial charge in [0, 0.05) is 24.9 Å². The third-order valence-electron chi connectivity index (χ3n) is 3.55. The third-order valence-corrected chi connectivity index (χ3v) is 3.55. The van der Waals surface area contributed by atoms with Crippen LogP contribution in [0.2, 0.25) is 0 Å². The van der Waals surface area contributed by atoms with Gasteiger partial charge in [0.05, 0.1) is 20.8 Å². The van der Waals surface area contributed by atoms with Crippen LogP contribution in [0.3, 0.4) is 0 Å². The molecule has 1 aromatic heterocycles. The van der Waals surface area contributed by atoms with Gasteiger partial charge in [-0.1, -0.05) is 13.0 Å². The summed E-state index contributed by atoms with van der Waals surface area (Å²) in [6.45, 7) is 3.08. The minimum atomic E-state index is -0.189. The molecule has 6 nitrogen and oxygen atoms in total. The van der Waals surface area contributed by atoms with Gasteiger partial charge in [-0.15, -0.1) is 0 Å². The average molecular weight is 356 g/mol. The van der Waals surface area contributed by atoms with E-state index in [1.807, 2.05) is 31.2 Å². The molecule has 0 fully saturated rings. The number of aromatic nitrogens is 1. The van der Waals surface area contributed by atoms with E-state index >= 15 is 0 Å². The maximum absolute atomic E-state index is 12.0. The van der Waals surface area contributed by atoms with E-state index in [-0.39, 0.29) is 5.91 Å². The fraction of sp³-hybridized carbons (Fsp3) is 0.300. The average Bonchev–Trinajstić information content (AvgIpc) is 2.69. The first-order valence-electron chi connectivity index (χ1n) is 8.42. The summed E-state index contributed by atoms with van der Waals surface area (Å²) in [5.74, 6) is 1.67. The van der Waals surface area contributed by atoms with Gasteiger partial charge in [-0.25, -0.2) is 4.98 Å². The molecule has 0 saturated heterocycles. The zero-order chi connectivity index (χ0) is 18.8. The SMILES string of the molecule is CCCOc1ccc(/C=C/C(=O)NCc2ccnc(OC)c2)cc1OC. The minimum Gasteiger partial charge on any atom is -0.493 e. The molecule has 1 aromatic carbocycles. The zero-order valence-electron chi connectivity index (χ0n) is 15.3. The predicted octanol–water partition coefficient (Wildman–Crippen LogP) is 3.22. The molecule has 26 heavy (non-hydrogen) atoms. The number of hydrogen-bond donors (Lipinski definition) is 1. The molecule has 0 radical (unpaired) electrons. The minimum absolute atomic E-state index is 0.189. The third kappa shape index (κ3) is 5.81. The smallest absolute Gasteiger partial charge is 0.244 e. The molecule has 0 unspecified atom stereocenters. The molecule has 0 aliphatic heterocycles. The first-order chi connectivity index (χ1) is 12.7. The summed E-state index contributed by atoms with van der Waals surface area (Å²) in [4.78, 5) is 16.0. The molecule has 0 atom stereocenters. The highest BCUT2D eigenvalue weighted by atomic mass is 16.5. The van der Waals surface area contributed by atoms with Crippen LogP contribution in [0.1, 0.15) is 24.5 Å². The largest absolute Gasteiger partial charge is 0.493 e. The standard InChI is InChI=1S/C20H24N2O4/c1-4-11-26-17-7-5-15(12-18(17)24-2)6-8-19(23)22-14-16-9-10-21-20(13-16)25-3/h5-10,12-13H,4,11,14H2,1-3H3,(H,22,23)/b8-6+. The summed E-state index contributed by atoms with van der Waals surface area (Å²) in [6, 6.07) is 9.17. The quantitative estimate of drug-likeness (QED) is 0.699. The van der Waals surface area contributed by atoms with Gasteiger partial charge in [0.2, 0.25) is 11.8 Å². The number of rotatable bonds is 9. The van der Waals surface area contributed by atoms with Gasteiger partial charge in [-0.3, -0.25) is 4.79 Å². The number of benzene rings is 1. The molecule has 0 spiro atoms. The van der Waals surface area contributed by atoms with E-state index in [0.717, 1.165) is 17.5 Å². The Balaban J connectivity index is 1.94. The van der Waals surface area contributed by atoms with E-state index in [9.17, 15) is 4.79 Å². The molecule has 1 heterocycles. The normalized spacial score (nSPS) is 10.6. The molecule has 0 aliphatic rings. The summed E-state index contributed by atoms with van der Waals surface area (Å²) < 4.78 is 16.0. The maximum Gasteiger partial charge on any atom is 0.244 e. The number of carbonyl (C=O) groups is 1. The number of ether oxygens (including phenoxy) is 3. The van der Waals surface area contributed by atoms with Crippen molar-refractivity contribution in [1.82, 2.24) is 10.3 Å². The molecular formula is C20H24N2O4. The van der Waals surface area contributed by atoms with Crippen molar-refractivity contribution in [3.8, 4) is 17.4 Å². The van der Waals surface area contributed by atoms with Gasteiger partial charge in [0.1, 0.15) is 0 Å². The van der Waals surface area contributed by atoms with Crippen LogP contribution in [0.5, 0.6) is 17.4 Å². The number of amides is 1. The van der Waals surface area contributed by atoms with Crippen molar-refractivity contribution < 1.29 is 19.0 Å². The second-order valence-electron chi connectivity index (χ2n) is 5.52. The van der Waals surface area contributed by atoms with Crippen molar-refractivity contribution in [3.63, 3.8) is 0 Å². The van der Waals surface area contributed by atoms with Gasteiger partial charge in [0.25, 0.3) is 0 Å². The summed E-state index contributed by atoms with van der Waals surface area (Å²) >= 11 is 0. The second kappa shape index (κ2) is 10.1. The number of methoxy groups -OCH3 is 2. The Labute approximate surface area is 153 Å². The van der Waals surface area contributed by atoms with Gasteiger partial charge in [0.15, 0.2) is 11.5 Å². The first-order valence-corrected chi connectivity index (χ1v) is 8.42. The highest BCUT2D eigenvalue weighted by molar-refractivity contribution is 5.91. The highest BCUT2D eigenvalue weighted by Crippen LogP contribution is 2.28. The summed E-state index contributed by atoms with van der Waals surface area (Å²) in [5, 5.41) is 2.82. The number of hydrogen-bond acceptors (Lipinski definition) is 5. The Bertz CT molecular complexity index is 759. The van der Waals surface area contributed by atoms with Crippen molar-refractivity contribution in [2.24, 2.45) is 0 Å². The molecular weight excluding hydrogens is 332 g/mol. The van der Waals surface area contributed by atoms with Crippen LogP contribution in [0.15, 0.2) is 42.6 Å². The number of carbonyl (C=O) groups excluding carboxylic acids is 1. The molecule has 138 valence electrons. The summed E-state index contributed by atoms with van der Waals surface area (Å²) in [7, 11) is 3.15. The van der Waals surface area contributed by atoms with E-state index in [4.69, 9.17) is 14.2 Å². The Morgan fingerprint density at radius 1 is 1.15 bits per heavy atom. The van der Waals surface area contributed by atoms with Crippen molar-refractivity contribution in [2.75, 3.05) is 20.8 Å². The number of pyridine rings is 1. The molecule has 1 N–H and O–H groups in total. The summed E-state index contributed by atoms with van der Waals surface area (Å²) in [5.41, 5.74) is 1.77. The lowest BCUT2D eigenvalue weighted by atomic mass is 10.2. The van der Waals surface area contributed by atoms with E-state index in [1.165, 1.54) is 6.08 Å². The lowest BCUT2D eigenvalue weighted by Gasteiger charge is -2.10. The van der Waals surface area contributed by atoms with Gasteiger partial charge in [-0.2, -0.15) is 0 Å². The molecule has 0 bridgehead atoms. The van der Waals surface area contributed by atoms with Crippen LogP contribution in [0.25, 0.3) is 6.08 Å². The van der Waals surface area contributed by atoms with Gasteiger partial charge in [-0.05, 0) is 41.8 Å². The molecule has 6 heteroatoms. The zero-order valence-corrected chi connectivity index (χ0v) is 15.3. The second-order valence-corrected chi connectivity index (χ2v) is 5.52. The van der Waals surface area contributed by atoms with Crippen LogP contribution in [-0.2, 0) is 11.3 Å². The van der Waals surface area contributed by atoms with Crippen LogP contribution in [-0.4, -0.2) is 31.7 Å². The Morgan fingerprint density at radius 2 is 2.00 bits per heavy atom. The molecule has 0 aliphatic carbocycles. The topological polar surface area (TPSA) is 69.7 Å². The van der Waals surface area contributed by atoms with Crippen LogP contribution >= 0.6 is 0 Å². The Morgan fingerprint density at radius 3 is 2.73 bits per heavy atom. The van der Waals surface area contributed by atoms with Crippen molar-refractivity contribution in [1.29, 1.82) is 0 Å². The lowest BCUT2D eigenvalue weighted by Crippen LogP contribution is -2.20. The number of nitrogens with zero attached hydrogens (tertiary/aromatic N) is 1. The van der Waals surface area contributed by atoms with Gasteiger partial charge < -0.3 is 19.5 Å². The summed E-state index contributed by atoms with van der Waals surface area (Å²) in [6.07, 6.45) is 5.79. The fourth-order valence-electron chi connectivity index (χ4n) is 2.21. The van der Waals surface area contributed by atoms with Gasteiger partial charge >= 0.3 is 0 Å². The Hall–Kier alpha value is -3.02. The van der Waals surface area contributed by atoms with Crippen LogP contribution < -0.4 is 19.5 Å². The van der Waals surface area contributed by atoms with Crippen molar-refractivity contribution >= 4 is 12.0 Å². The fourth-order valence-corrected chi connectivity index (χ4v) is 2.21. The molecule has 2 aromatic rings. The van der Waals surface area contributed by atoms with E-state index < -0.39 is 0 Å². The lowest BCUT2D eigenvalue weighted by molar-refractivity contribution is -0.116. The molecule has 2 rings (SSSR count). The van der Waals surface area contributed by atoms with Crippen LogP contribution in [0.4, 0.5) is 0 Å².